The van der Waals surface area contributed by atoms with E-state index in [1.54, 1.807) is 6.07 Å². The summed E-state index contributed by atoms with van der Waals surface area (Å²) < 4.78 is 6.73. The first-order chi connectivity index (χ1) is 11.2. The normalized spacial score (nSPS) is 16.7. The summed E-state index contributed by atoms with van der Waals surface area (Å²) in [6.45, 7) is 0.366. The van der Waals surface area contributed by atoms with Gasteiger partial charge in [0, 0.05) is 5.02 Å². The molecule has 0 saturated carbocycles. The maximum Gasteiger partial charge on any atom is 0.233 e. The van der Waals surface area contributed by atoms with Crippen molar-refractivity contribution >= 4 is 44.2 Å². The maximum atomic E-state index is 12.5. The predicted octanol–water partition coefficient (Wildman–Crippen LogP) is 4.14. The van der Waals surface area contributed by atoms with Crippen LogP contribution in [0.1, 0.15) is 5.56 Å². The van der Waals surface area contributed by atoms with E-state index >= 15 is 0 Å². The third-order valence-electron chi connectivity index (χ3n) is 3.82. The Labute approximate surface area is 142 Å². The Kier molecular flexibility index (Phi) is 3.67. The van der Waals surface area contributed by atoms with Crippen LogP contribution in [-0.2, 0) is 11.2 Å². The minimum atomic E-state index is -0.243. The molecular weight excluding hydrogens is 332 g/mol. The van der Waals surface area contributed by atoms with Gasteiger partial charge in [-0.15, -0.1) is 0 Å². The van der Waals surface area contributed by atoms with Crippen LogP contribution in [0.3, 0.4) is 0 Å². The first-order valence-electron chi connectivity index (χ1n) is 7.27. The third-order valence-corrected chi connectivity index (χ3v) is 5.01. The number of thiazole rings is 1. The molecule has 1 aromatic heterocycles. The molecule has 116 valence electrons. The first-order valence-corrected chi connectivity index (χ1v) is 8.46. The molecule has 1 N–H and O–H groups in total. The highest BCUT2D eigenvalue weighted by molar-refractivity contribution is 7.22. The van der Waals surface area contributed by atoms with Crippen LogP contribution in [0, 0.1) is 5.92 Å². The Morgan fingerprint density at radius 1 is 1.30 bits per heavy atom. The lowest BCUT2D eigenvalue weighted by atomic mass is 9.96. The number of benzene rings is 2. The molecule has 23 heavy (non-hydrogen) atoms. The van der Waals surface area contributed by atoms with Crippen molar-refractivity contribution in [1.82, 2.24) is 4.98 Å². The van der Waals surface area contributed by atoms with E-state index in [0.29, 0.717) is 23.2 Å². The van der Waals surface area contributed by atoms with Gasteiger partial charge >= 0.3 is 0 Å². The second-order valence-corrected chi connectivity index (χ2v) is 6.91. The van der Waals surface area contributed by atoms with Gasteiger partial charge in [0.25, 0.3) is 0 Å². The van der Waals surface area contributed by atoms with Gasteiger partial charge in [-0.1, -0.05) is 35.1 Å². The highest BCUT2D eigenvalue weighted by atomic mass is 35.5. The molecule has 0 aliphatic carbocycles. The maximum absolute atomic E-state index is 12.5. The number of rotatable bonds is 2. The van der Waals surface area contributed by atoms with Gasteiger partial charge < -0.3 is 10.1 Å². The average molecular weight is 345 g/mol. The van der Waals surface area contributed by atoms with Gasteiger partial charge in [0.2, 0.25) is 5.91 Å². The number of ether oxygens (including phenoxy) is 1. The lowest BCUT2D eigenvalue weighted by Gasteiger charge is -2.24. The van der Waals surface area contributed by atoms with Crippen molar-refractivity contribution in [3.63, 3.8) is 0 Å². The summed E-state index contributed by atoms with van der Waals surface area (Å²) in [5, 5.41) is 4.17. The third kappa shape index (κ3) is 2.90. The van der Waals surface area contributed by atoms with Gasteiger partial charge in [-0.05, 0) is 42.3 Å². The zero-order valence-corrected chi connectivity index (χ0v) is 13.7. The molecule has 0 fully saturated rings. The van der Waals surface area contributed by atoms with E-state index in [2.05, 4.69) is 10.3 Å². The zero-order chi connectivity index (χ0) is 15.8. The van der Waals surface area contributed by atoms with Crippen molar-refractivity contribution in [1.29, 1.82) is 0 Å². The summed E-state index contributed by atoms with van der Waals surface area (Å²) in [4.78, 5) is 16.9. The summed E-state index contributed by atoms with van der Waals surface area (Å²) in [6, 6.07) is 13.3. The fourth-order valence-electron chi connectivity index (χ4n) is 2.66. The predicted molar refractivity (Wildman–Crippen MR) is 92.4 cm³/mol. The fraction of sp³-hybridized carbons (Fsp3) is 0.176. The number of hydrogen-bond acceptors (Lipinski definition) is 4. The SMILES string of the molecule is O=C(Nc1nc2ccccc2s1)[C@H]1COc2ccc(Cl)cc2C1. The molecule has 4 nitrogen and oxygen atoms in total. The largest absolute Gasteiger partial charge is 0.492 e. The van der Waals surface area contributed by atoms with Gasteiger partial charge in [0.05, 0.1) is 16.1 Å². The molecular formula is C17H13ClN2O2S. The standard InChI is InChI=1S/C17H13ClN2O2S/c18-12-5-6-14-10(8-12)7-11(9-22-14)16(21)20-17-19-13-3-1-2-4-15(13)23-17/h1-6,8,11H,7,9H2,(H,19,20,21)/t11-/m1/s1. The summed E-state index contributed by atoms with van der Waals surface area (Å²) in [6.07, 6.45) is 0.618. The highest BCUT2D eigenvalue weighted by Gasteiger charge is 2.26. The minimum absolute atomic E-state index is 0.0744. The number of halogens is 1. The van der Waals surface area contributed by atoms with E-state index in [9.17, 15) is 4.79 Å². The van der Waals surface area contributed by atoms with Gasteiger partial charge in [-0.2, -0.15) is 0 Å². The Morgan fingerprint density at radius 2 is 2.17 bits per heavy atom. The van der Waals surface area contributed by atoms with Crippen LogP contribution < -0.4 is 10.1 Å². The molecule has 1 aliphatic rings. The molecule has 2 aromatic carbocycles. The topological polar surface area (TPSA) is 51.2 Å². The molecule has 1 atom stereocenters. The number of aromatic nitrogens is 1. The van der Waals surface area contributed by atoms with Crippen molar-refractivity contribution in [3.8, 4) is 5.75 Å². The molecule has 0 spiro atoms. The van der Waals surface area contributed by atoms with E-state index in [4.69, 9.17) is 16.3 Å². The summed E-state index contributed by atoms with van der Waals surface area (Å²) in [5.74, 6) is 0.487. The number of nitrogens with one attached hydrogen (secondary N) is 1. The number of nitrogens with zero attached hydrogens (tertiary/aromatic N) is 1. The van der Waals surface area contributed by atoms with Gasteiger partial charge in [-0.25, -0.2) is 4.98 Å². The molecule has 4 rings (SSSR count). The minimum Gasteiger partial charge on any atom is -0.492 e. The summed E-state index contributed by atoms with van der Waals surface area (Å²) in [7, 11) is 0. The number of amides is 1. The molecule has 6 heteroatoms. The Balaban J connectivity index is 1.51. The van der Waals surface area contributed by atoms with Crippen LogP contribution in [-0.4, -0.2) is 17.5 Å². The van der Waals surface area contributed by atoms with E-state index in [0.717, 1.165) is 21.5 Å². The molecule has 1 aliphatic heterocycles. The number of carbonyl (C=O) groups excluding carboxylic acids is 1. The lowest BCUT2D eigenvalue weighted by Crippen LogP contribution is -2.32. The molecule has 1 amide bonds. The van der Waals surface area contributed by atoms with Crippen molar-refractivity contribution in [3.05, 3.63) is 53.1 Å². The van der Waals surface area contributed by atoms with Crippen molar-refractivity contribution < 1.29 is 9.53 Å². The van der Waals surface area contributed by atoms with Crippen molar-refractivity contribution in [2.75, 3.05) is 11.9 Å². The summed E-state index contributed by atoms with van der Waals surface area (Å²) in [5.41, 5.74) is 1.86. The van der Waals surface area contributed by atoms with Crippen LogP contribution in [0.4, 0.5) is 5.13 Å². The fourth-order valence-corrected chi connectivity index (χ4v) is 3.73. The molecule has 3 aromatic rings. The second-order valence-electron chi connectivity index (χ2n) is 5.44. The number of para-hydroxylation sites is 1. The van der Waals surface area contributed by atoms with E-state index in [1.165, 1.54) is 11.3 Å². The molecule has 2 heterocycles. The van der Waals surface area contributed by atoms with Crippen LogP contribution >= 0.6 is 22.9 Å². The smallest absolute Gasteiger partial charge is 0.233 e. The highest BCUT2D eigenvalue weighted by Crippen LogP contribution is 2.31. The van der Waals surface area contributed by atoms with E-state index in [-0.39, 0.29) is 11.8 Å². The molecule has 0 unspecified atom stereocenters. The van der Waals surface area contributed by atoms with Crippen LogP contribution in [0.2, 0.25) is 5.02 Å². The molecule has 0 saturated heterocycles. The van der Waals surface area contributed by atoms with Crippen LogP contribution in [0.15, 0.2) is 42.5 Å². The van der Waals surface area contributed by atoms with E-state index < -0.39 is 0 Å². The molecule has 0 bridgehead atoms. The average Bonchev–Trinajstić information content (AvgIpc) is 2.96. The van der Waals surface area contributed by atoms with Crippen molar-refractivity contribution in [2.24, 2.45) is 5.92 Å². The number of anilines is 1. The Bertz CT molecular complexity index is 860. The summed E-state index contributed by atoms with van der Waals surface area (Å²) >= 11 is 7.49. The van der Waals surface area contributed by atoms with Gasteiger partial charge in [-0.3, -0.25) is 4.79 Å². The van der Waals surface area contributed by atoms with E-state index in [1.807, 2.05) is 36.4 Å². The molecule has 0 radical (unpaired) electrons. The Morgan fingerprint density at radius 3 is 3.04 bits per heavy atom. The number of fused-ring (bicyclic) bond motifs is 2. The Hall–Kier alpha value is -2.11. The first kappa shape index (κ1) is 14.5. The monoisotopic (exact) mass is 344 g/mol. The van der Waals surface area contributed by atoms with Crippen molar-refractivity contribution in [2.45, 2.75) is 6.42 Å². The second kappa shape index (κ2) is 5.83. The zero-order valence-electron chi connectivity index (χ0n) is 12.1. The van der Waals surface area contributed by atoms with Crippen LogP contribution in [0.5, 0.6) is 5.75 Å². The van der Waals surface area contributed by atoms with Gasteiger partial charge in [0.1, 0.15) is 12.4 Å². The number of carbonyl (C=O) groups is 1. The van der Waals surface area contributed by atoms with Crippen LogP contribution in [0.25, 0.3) is 10.2 Å². The van der Waals surface area contributed by atoms with Gasteiger partial charge in [0.15, 0.2) is 5.13 Å². The quantitative estimate of drug-likeness (QED) is 0.760. The number of hydrogen-bond donors (Lipinski definition) is 1. The lowest BCUT2D eigenvalue weighted by molar-refractivity contribution is -0.121.